The molecule has 25 heavy (non-hydrogen) atoms. The Morgan fingerprint density at radius 3 is 2.48 bits per heavy atom. The fourth-order valence-electron chi connectivity index (χ4n) is 2.99. The van der Waals surface area contributed by atoms with E-state index in [1.807, 2.05) is 0 Å². The summed E-state index contributed by atoms with van der Waals surface area (Å²) in [4.78, 5) is 39.0. The van der Waals surface area contributed by atoms with E-state index >= 15 is 0 Å². The SMILES string of the molecule is O=C1CCC(C(=O)N2CCN(C(=O)COc3ccccc3F)CC2)N1. The number of para-hydroxylation sites is 1. The standard InChI is InChI=1S/C17H20FN3O4/c18-12-3-1-2-4-14(12)25-11-16(23)20-7-9-21(10-8-20)17(24)13-5-6-15(22)19-13/h1-4,13H,5-11H2,(H,19,22). The van der Waals surface area contributed by atoms with Gasteiger partial charge in [-0.2, -0.15) is 0 Å². The van der Waals surface area contributed by atoms with Crippen LogP contribution in [-0.4, -0.2) is 66.3 Å². The van der Waals surface area contributed by atoms with Crippen molar-refractivity contribution in [2.24, 2.45) is 0 Å². The molecule has 1 N–H and O–H groups in total. The van der Waals surface area contributed by atoms with Crippen LogP contribution in [0.15, 0.2) is 24.3 Å². The maximum Gasteiger partial charge on any atom is 0.260 e. The lowest BCUT2D eigenvalue weighted by atomic mass is 10.2. The molecule has 3 amide bonds. The zero-order valence-corrected chi connectivity index (χ0v) is 13.7. The van der Waals surface area contributed by atoms with Crippen LogP contribution < -0.4 is 10.1 Å². The second-order valence-corrected chi connectivity index (χ2v) is 6.08. The van der Waals surface area contributed by atoms with Gasteiger partial charge >= 0.3 is 0 Å². The lowest BCUT2D eigenvalue weighted by molar-refractivity contribution is -0.141. The minimum absolute atomic E-state index is 0.0432. The van der Waals surface area contributed by atoms with E-state index in [4.69, 9.17) is 4.74 Å². The molecule has 1 aromatic carbocycles. The van der Waals surface area contributed by atoms with Crippen molar-refractivity contribution in [3.05, 3.63) is 30.1 Å². The van der Waals surface area contributed by atoms with E-state index in [1.54, 1.807) is 21.9 Å². The fraction of sp³-hybridized carbons (Fsp3) is 0.471. The number of carbonyl (C=O) groups is 3. The monoisotopic (exact) mass is 349 g/mol. The Bertz CT molecular complexity index is 674. The van der Waals surface area contributed by atoms with E-state index in [1.165, 1.54) is 12.1 Å². The van der Waals surface area contributed by atoms with Gasteiger partial charge in [-0.15, -0.1) is 0 Å². The van der Waals surface area contributed by atoms with Crippen LogP contribution in [0.5, 0.6) is 5.75 Å². The minimum atomic E-state index is -0.510. The van der Waals surface area contributed by atoms with E-state index in [0.29, 0.717) is 39.0 Å². The zero-order chi connectivity index (χ0) is 17.8. The van der Waals surface area contributed by atoms with Gasteiger partial charge in [-0.05, 0) is 18.6 Å². The van der Waals surface area contributed by atoms with Gasteiger partial charge in [0.05, 0.1) is 0 Å². The van der Waals surface area contributed by atoms with Gasteiger partial charge in [0.1, 0.15) is 6.04 Å². The van der Waals surface area contributed by atoms with E-state index in [9.17, 15) is 18.8 Å². The lowest BCUT2D eigenvalue weighted by Gasteiger charge is -2.35. The highest BCUT2D eigenvalue weighted by atomic mass is 19.1. The molecule has 7 nitrogen and oxygen atoms in total. The van der Waals surface area contributed by atoms with Crippen LogP contribution in [0.2, 0.25) is 0 Å². The predicted octanol–water partition coefficient (Wildman–Crippen LogP) is 0.154. The Morgan fingerprint density at radius 2 is 1.84 bits per heavy atom. The van der Waals surface area contributed by atoms with Gasteiger partial charge in [-0.3, -0.25) is 14.4 Å². The number of amides is 3. The van der Waals surface area contributed by atoms with Crippen molar-refractivity contribution in [3.8, 4) is 5.75 Å². The Hall–Kier alpha value is -2.64. The lowest BCUT2D eigenvalue weighted by Crippen LogP contribution is -2.55. The highest BCUT2D eigenvalue weighted by molar-refractivity contribution is 5.91. The first kappa shape index (κ1) is 17.2. The van der Waals surface area contributed by atoms with Gasteiger partial charge in [-0.25, -0.2) is 4.39 Å². The predicted molar refractivity (Wildman–Crippen MR) is 86.2 cm³/mol. The Kier molecular flexibility index (Phi) is 5.16. The molecule has 0 spiro atoms. The van der Waals surface area contributed by atoms with Gasteiger partial charge in [0.2, 0.25) is 11.8 Å². The first-order valence-corrected chi connectivity index (χ1v) is 8.28. The number of hydrogen-bond acceptors (Lipinski definition) is 4. The normalized spacial score (nSPS) is 20.4. The van der Waals surface area contributed by atoms with Crippen molar-refractivity contribution in [1.29, 1.82) is 0 Å². The molecule has 3 rings (SSSR count). The summed E-state index contributed by atoms with van der Waals surface area (Å²) in [5.41, 5.74) is 0. The van der Waals surface area contributed by atoms with Crippen molar-refractivity contribution >= 4 is 17.7 Å². The van der Waals surface area contributed by atoms with Gasteiger partial charge in [0.15, 0.2) is 18.2 Å². The summed E-state index contributed by atoms with van der Waals surface area (Å²) < 4.78 is 18.7. The van der Waals surface area contributed by atoms with Crippen LogP contribution >= 0.6 is 0 Å². The van der Waals surface area contributed by atoms with E-state index < -0.39 is 11.9 Å². The molecular weight excluding hydrogens is 329 g/mol. The Morgan fingerprint density at radius 1 is 1.16 bits per heavy atom. The van der Waals surface area contributed by atoms with Crippen molar-refractivity contribution in [1.82, 2.24) is 15.1 Å². The number of rotatable bonds is 4. The number of nitrogens with one attached hydrogen (secondary N) is 1. The summed E-state index contributed by atoms with van der Waals surface area (Å²) >= 11 is 0. The molecule has 0 aliphatic carbocycles. The van der Waals surface area contributed by atoms with Crippen LogP contribution in [0.4, 0.5) is 4.39 Å². The number of nitrogens with zero attached hydrogens (tertiary/aromatic N) is 2. The van der Waals surface area contributed by atoms with E-state index in [2.05, 4.69) is 5.32 Å². The Labute approximate surface area is 144 Å². The van der Waals surface area contributed by atoms with Crippen molar-refractivity contribution in [2.45, 2.75) is 18.9 Å². The molecule has 134 valence electrons. The summed E-state index contributed by atoms with van der Waals surface area (Å²) in [6, 6.07) is 5.47. The number of piperazine rings is 1. The number of carbonyl (C=O) groups excluding carboxylic acids is 3. The van der Waals surface area contributed by atoms with E-state index in [-0.39, 0.29) is 30.1 Å². The summed E-state index contributed by atoms with van der Waals surface area (Å²) in [7, 11) is 0. The van der Waals surface area contributed by atoms with Crippen LogP contribution in [0, 0.1) is 5.82 Å². The van der Waals surface area contributed by atoms with Crippen molar-refractivity contribution in [3.63, 3.8) is 0 Å². The fourth-order valence-corrected chi connectivity index (χ4v) is 2.99. The minimum Gasteiger partial charge on any atom is -0.481 e. The third kappa shape index (κ3) is 4.07. The summed E-state index contributed by atoms with van der Waals surface area (Å²) in [5.74, 6) is -0.909. The topological polar surface area (TPSA) is 79.0 Å². The molecule has 0 saturated carbocycles. The molecule has 2 saturated heterocycles. The van der Waals surface area contributed by atoms with Gasteiger partial charge in [0.25, 0.3) is 5.91 Å². The smallest absolute Gasteiger partial charge is 0.260 e. The second kappa shape index (κ2) is 7.50. The largest absolute Gasteiger partial charge is 0.481 e. The average Bonchev–Trinajstić information content (AvgIpc) is 3.07. The highest BCUT2D eigenvalue weighted by Gasteiger charge is 2.33. The maximum absolute atomic E-state index is 13.5. The molecule has 1 atom stereocenters. The second-order valence-electron chi connectivity index (χ2n) is 6.08. The molecule has 8 heteroatoms. The van der Waals surface area contributed by atoms with E-state index in [0.717, 1.165) is 0 Å². The van der Waals surface area contributed by atoms with Crippen LogP contribution in [0.3, 0.4) is 0 Å². The summed E-state index contributed by atoms with van der Waals surface area (Å²) in [6.07, 6.45) is 0.898. The number of ether oxygens (including phenoxy) is 1. The number of hydrogen-bond donors (Lipinski definition) is 1. The number of halogens is 1. The van der Waals surface area contributed by atoms with Gasteiger partial charge in [0, 0.05) is 32.6 Å². The molecule has 0 bridgehead atoms. The molecule has 2 fully saturated rings. The molecule has 1 aromatic rings. The molecule has 0 aromatic heterocycles. The van der Waals surface area contributed by atoms with Crippen molar-refractivity contribution in [2.75, 3.05) is 32.8 Å². The Balaban J connectivity index is 1.45. The first-order valence-electron chi connectivity index (χ1n) is 8.28. The summed E-state index contributed by atoms with van der Waals surface area (Å²) in [5, 5.41) is 2.66. The molecule has 2 aliphatic rings. The van der Waals surface area contributed by atoms with Gasteiger partial charge in [-0.1, -0.05) is 12.1 Å². The molecule has 2 heterocycles. The molecular formula is C17H20FN3O4. The zero-order valence-electron chi connectivity index (χ0n) is 13.7. The quantitative estimate of drug-likeness (QED) is 0.840. The van der Waals surface area contributed by atoms with Crippen LogP contribution in [-0.2, 0) is 14.4 Å². The number of benzene rings is 1. The summed E-state index contributed by atoms with van der Waals surface area (Å²) in [6.45, 7) is 1.37. The molecule has 2 aliphatic heterocycles. The van der Waals surface area contributed by atoms with Gasteiger partial charge < -0.3 is 19.9 Å². The third-order valence-electron chi connectivity index (χ3n) is 4.43. The van der Waals surface area contributed by atoms with Crippen LogP contribution in [0.25, 0.3) is 0 Å². The van der Waals surface area contributed by atoms with Crippen molar-refractivity contribution < 1.29 is 23.5 Å². The highest BCUT2D eigenvalue weighted by Crippen LogP contribution is 2.16. The first-order chi connectivity index (χ1) is 12.0. The molecule has 1 unspecified atom stereocenters. The van der Waals surface area contributed by atoms with Crippen LogP contribution in [0.1, 0.15) is 12.8 Å². The third-order valence-corrected chi connectivity index (χ3v) is 4.43. The maximum atomic E-state index is 13.5. The molecule has 0 radical (unpaired) electrons. The average molecular weight is 349 g/mol.